The first-order valence-electron chi connectivity index (χ1n) is 4.21. The third kappa shape index (κ3) is 1.70. The number of methoxy groups -OCH3 is 1. The van der Waals surface area contributed by atoms with Gasteiger partial charge in [0.2, 0.25) is 0 Å². The Morgan fingerprint density at radius 3 is 2.87 bits per heavy atom. The SMILES string of the molecule is COc1cc2c(cc1F)NC(Cl)NC2=O. The van der Waals surface area contributed by atoms with Crippen molar-refractivity contribution >= 4 is 23.2 Å². The van der Waals surface area contributed by atoms with Gasteiger partial charge in [0, 0.05) is 6.07 Å². The monoisotopic (exact) mass is 230 g/mol. The lowest BCUT2D eigenvalue weighted by Gasteiger charge is -2.23. The first-order chi connectivity index (χ1) is 7.11. The number of nitrogens with one attached hydrogen (secondary N) is 2. The maximum absolute atomic E-state index is 13.3. The van der Waals surface area contributed by atoms with Crippen molar-refractivity contribution in [2.75, 3.05) is 12.4 Å². The van der Waals surface area contributed by atoms with Crippen LogP contribution in [0.2, 0.25) is 0 Å². The highest BCUT2D eigenvalue weighted by Gasteiger charge is 2.23. The molecule has 2 N–H and O–H groups in total. The number of benzene rings is 1. The third-order valence-electron chi connectivity index (χ3n) is 2.08. The van der Waals surface area contributed by atoms with Gasteiger partial charge in [0.15, 0.2) is 17.2 Å². The number of fused-ring (bicyclic) bond motifs is 1. The second kappa shape index (κ2) is 3.58. The van der Waals surface area contributed by atoms with Crippen molar-refractivity contribution in [3.8, 4) is 5.75 Å². The molecule has 1 heterocycles. The maximum atomic E-state index is 13.3. The van der Waals surface area contributed by atoms with Gasteiger partial charge in [0.1, 0.15) is 0 Å². The number of hydrogen-bond acceptors (Lipinski definition) is 3. The molecule has 0 spiro atoms. The standard InChI is InChI=1S/C9H8ClFN2O2/c1-15-7-2-4-6(3-5(7)11)12-9(10)13-8(4)14/h2-3,9,12H,1H3,(H,13,14). The summed E-state index contributed by atoms with van der Waals surface area (Å²) in [5, 5.41) is 5.16. The number of hydrogen-bond donors (Lipinski definition) is 2. The Labute approximate surface area is 90.4 Å². The Morgan fingerprint density at radius 1 is 1.47 bits per heavy atom. The fourth-order valence-corrected chi connectivity index (χ4v) is 1.60. The van der Waals surface area contributed by atoms with Gasteiger partial charge in [-0.05, 0) is 6.07 Å². The Morgan fingerprint density at radius 2 is 2.20 bits per heavy atom. The normalized spacial score (nSPS) is 18.9. The number of rotatable bonds is 1. The number of ether oxygens (including phenoxy) is 1. The number of carbonyl (C=O) groups is 1. The van der Waals surface area contributed by atoms with Gasteiger partial charge in [-0.1, -0.05) is 11.6 Å². The van der Waals surface area contributed by atoms with Crippen LogP contribution in [0.1, 0.15) is 10.4 Å². The molecule has 1 aromatic carbocycles. The average molecular weight is 231 g/mol. The van der Waals surface area contributed by atoms with Gasteiger partial charge in [0.25, 0.3) is 5.91 Å². The molecule has 80 valence electrons. The molecule has 1 unspecified atom stereocenters. The van der Waals surface area contributed by atoms with Crippen molar-refractivity contribution in [2.24, 2.45) is 0 Å². The zero-order chi connectivity index (χ0) is 11.0. The molecular weight excluding hydrogens is 223 g/mol. The number of alkyl halides is 1. The largest absolute Gasteiger partial charge is 0.494 e. The highest BCUT2D eigenvalue weighted by atomic mass is 35.5. The van der Waals surface area contributed by atoms with Crippen LogP contribution in [-0.2, 0) is 0 Å². The Bertz CT molecular complexity index is 425. The molecule has 0 aliphatic carbocycles. The Kier molecular flexibility index (Phi) is 2.40. The minimum Gasteiger partial charge on any atom is -0.494 e. The van der Waals surface area contributed by atoms with Crippen LogP contribution in [0.25, 0.3) is 0 Å². The molecule has 15 heavy (non-hydrogen) atoms. The predicted molar refractivity (Wildman–Crippen MR) is 53.7 cm³/mol. The quantitative estimate of drug-likeness (QED) is 0.568. The van der Waals surface area contributed by atoms with E-state index in [1.165, 1.54) is 19.2 Å². The lowest BCUT2D eigenvalue weighted by Crippen LogP contribution is -2.41. The van der Waals surface area contributed by atoms with Gasteiger partial charge < -0.3 is 15.4 Å². The van der Waals surface area contributed by atoms with Crippen molar-refractivity contribution in [1.29, 1.82) is 0 Å². The maximum Gasteiger partial charge on any atom is 0.256 e. The van der Waals surface area contributed by atoms with E-state index >= 15 is 0 Å². The average Bonchev–Trinajstić information content (AvgIpc) is 2.16. The summed E-state index contributed by atoms with van der Waals surface area (Å²) < 4.78 is 18.1. The molecule has 0 saturated heterocycles. The van der Waals surface area contributed by atoms with Crippen LogP contribution in [0.15, 0.2) is 12.1 Å². The van der Waals surface area contributed by atoms with Gasteiger partial charge in [-0.15, -0.1) is 0 Å². The second-order valence-electron chi connectivity index (χ2n) is 3.01. The number of halogens is 2. The van der Waals surface area contributed by atoms with Crippen LogP contribution < -0.4 is 15.4 Å². The molecule has 4 nitrogen and oxygen atoms in total. The van der Waals surface area contributed by atoms with E-state index < -0.39 is 11.4 Å². The van der Waals surface area contributed by atoms with Crippen molar-refractivity contribution in [3.05, 3.63) is 23.5 Å². The van der Waals surface area contributed by atoms with E-state index in [4.69, 9.17) is 16.3 Å². The molecule has 1 aliphatic heterocycles. The molecule has 1 aromatic rings. The Hall–Kier alpha value is -1.49. The fraction of sp³-hybridized carbons (Fsp3) is 0.222. The molecule has 1 atom stereocenters. The minimum atomic E-state index is -0.724. The van der Waals surface area contributed by atoms with Crippen molar-refractivity contribution in [3.63, 3.8) is 0 Å². The molecule has 0 saturated carbocycles. The summed E-state index contributed by atoms with van der Waals surface area (Å²) in [6, 6.07) is 2.51. The van der Waals surface area contributed by atoms with Gasteiger partial charge in [-0.25, -0.2) is 4.39 Å². The van der Waals surface area contributed by atoms with Crippen LogP contribution in [0.4, 0.5) is 10.1 Å². The van der Waals surface area contributed by atoms with Crippen molar-refractivity contribution in [1.82, 2.24) is 5.32 Å². The first kappa shape index (κ1) is 10.0. The van der Waals surface area contributed by atoms with E-state index in [1.54, 1.807) is 0 Å². The second-order valence-corrected chi connectivity index (χ2v) is 3.45. The van der Waals surface area contributed by atoms with Crippen LogP contribution >= 0.6 is 11.6 Å². The molecule has 0 fully saturated rings. The number of carbonyl (C=O) groups excluding carboxylic acids is 1. The zero-order valence-corrected chi connectivity index (χ0v) is 8.56. The summed E-state index contributed by atoms with van der Waals surface area (Å²) in [5.74, 6) is -0.872. The van der Waals surface area contributed by atoms with E-state index in [-0.39, 0.29) is 11.7 Å². The van der Waals surface area contributed by atoms with Gasteiger partial charge in [0.05, 0.1) is 18.4 Å². The minimum absolute atomic E-state index is 0.0266. The van der Waals surface area contributed by atoms with Crippen LogP contribution in [0.3, 0.4) is 0 Å². The van der Waals surface area contributed by atoms with Crippen LogP contribution in [0.5, 0.6) is 5.75 Å². The molecule has 0 radical (unpaired) electrons. The molecule has 0 bridgehead atoms. The smallest absolute Gasteiger partial charge is 0.256 e. The number of anilines is 1. The summed E-state index contributed by atoms with van der Waals surface area (Å²) in [6.07, 6.45) is 0. The summed E-state index contributed by atoms with van der Waals surface area (Å²) in [4.78, 5) is 11.5. The number of amides is 1. The molecule has 1 aliphatic rings. The van der Waals surface area contributed by atoms with E-state index in [9.17, 15) is 9.18 Å². The predicted octanol–water partition coefficient (Wildman–Crippen LogP) is 1.51. The van der Waals surface area contributed by atoms with E-state index in [0.29, 0.717) is 11.3 Å². The molecule has 2 rings (SSSR count). The van der Waals surface area contributed by atoms with Gasteiger partial charge in [-0.3, -0.25) is 4.79 Å². The summed E-state index contributed by atoms with van der Waals surface area (Å²) in [5.41, 5.74) is -0.0556. The molecule has 1 amide bonds. The topological polar surface area (TPSA) is 50.4 Å². The molecule has 0 aromatic heterocycles. The van der Waals surface area contributed by atoms with E-state index in [1.807, 2.05) is 0 Å². The van der Waals surface area contributed by atoms with E-state index in [2.05, 4.69) is 10.6 Å². The van der Waals surface area contributed by atoms with Crippen molar-refractivity contribution < 1.29 is 13.9 Å². The summed E-state index contributed by atoms with van der Waals surface area (Å²) >= 11 is 5.67. The highest BCUT2D eigenvalue weighted by molar-refractivity contribution is 6.24. The van der Waals surface area contributed by atoms with E-state index in [0.717, 1.165) is 0 Å². The Balaban J connectivity index is 2.52. The lowest BCUT2D eigenvalue weighted by atomic mass is 10.1. The third-order valence-corrected chi connectivity index (χ3v) is 2.29. The highest BCUT2D eigenvalue weighted by Crippen LogP contribution is 2.28. The van der Waals surface area contributed by atoms with Crippen LogP contribution in [-0.4, -0.2) is 18.6 Å². The summed E-state index contributed by atoms with van der Waals surface area (Å²) in [6.45, 7) is 0. The zero-order valence-electron chi connectivity index (χ0n) is 7.80. The lowest BCUT2D eigenvalue weighted by molar-refractivity contribution is 0.0947. The molecule has 6 heteroatoms. The molecular formula is C9H8ClFN2O2. The van der Waals surface area contributed by atoms with Gasteiger partial charge >= 0.3 is 0 Å². The van der Waals surface area contributed by atoms with Gasteiger partial charge in [-0.2, -0.15) is 0 Å². The van der Waals surface area contributed by atoms with Crippen molar-refractivity contribution in [2.45, 2.75) is 5.62 Å². The van der Waals surface area contributed by atoms with Crippen LogP contribution in [0, 0.1) is 5.82 Å². The first-order valence-corrected chi connectivity index (χ1v) is 4.64. The summed E-state index contributed by atoms with van der Waals surface area (Å²) in [7, 11) is 1.34. The fourth-order valence-electron chi connectivity index (χ4n) is 1.38.